The molecule has 0 aliphatic carbocycles. The SMILES string of the molecule is Cc1ccc(-c2csc(NC(=O)CC3CC4CCC(C3)N4)n2)cc1C.Cl. The molecule has 1 amide bonds. The number of thiazole rings is 1. The molecular weight excluding hydrogens is 366 g/mol. The van der Waals surface area contributed by atoms with Crippen molar-refractivity contribution in [1.82, 2.24) is 10.3 Å². The Labute approximate surface area is 165 Å². The molecule has 0 spiro atoms. The van der Waals surface area contributed by atoms with Crippen molar-refractivity contribution >= 4 is 34.8 Å². The van der Waals surface area contributed by atoms with E-state index in [2.05, 4.69) is 47.7 Å². The van der Waals surface area contributed by atoms with Gasteiger partial charge in [0.15, 0.2) is 5.13 Å². The number of aryl methyl sites for hydroxylation is 2. The van der Waals surface area contributed by atoms with Crippen molar-refractivity contribution in [2.75, 3.05) is 5.32 Å². The van der Waals surface area contributed by atoms with E-state index in [0.29, 0.717) is 29.6 Å². The molecule has 6 heteroatoms. The van der Waals surface area contributed by atoms with Gasteiger partial charge in [0.25, 0.3) is 0 Å². The van der Waals surface area contributed by atoms with E-state index < -0.39 is 0 Å². The highest BCUT2D eigenvalue weighted by Gasteiger charge is 2.34. The van der Waals surface area contributed by atoms with Crippen LogP contribution in [0, 0.1) is 19.8 Å². The Kier molecular flexibility index (Phi) is 6.00. The van der Waals surface area contributed by atoms with Crippen LogP contribution in [0.5, 0.6) is 0 Å². The van der Waals surface area contributed by atoms with Crippen LogP contribution >= 0.6 is 23.7 Å². The summed E-state index contributed by atoms with van der Waals surface area (Å²) in [5, 5.41) is 9.36. The molecule has 3 heterocycles. The number of benzene rings is 1. The molecule has 2 fully saturated rings. The largest absolute Gasteiger partial charge is 0.311 e. The molecular formula is C20H26ClN3OS. The number of halogens is 1. The number of anilines is 1. The fraction of sp³-hybridized carbons (Fsp3) is 0.500. The van der Waals surface area contributed by atoms with Gasteiger partial charge in [-0.1, -0.05) is 12.1 Å². The summed E-state index contributed by atoms with van der Waals surface area (Å²) in [5.41, 5.74) is 4.58. The van der Waals surface area contributed by atoms with Crippen LogP contribution in [-0.4, -0.2) is 23.0 Å². The summed E-state index contributed by atoms with van der Waals surface area (Å²) in [5.74, 6) is 0.616. The lowest BCUT2D eigenvalue weighted by Gasteiger charge is -2.28. The number of carbonyl (C=O) groups is 1. The van der Waals surface area contributed by atoms with Gasteiger partial charge in [-0.05, 0) is 62.6 Å². The zero-order valence-electron chi connectivity index (χ0n) is 15.2. The molecule has 1 aromatic heterocycles. The normalized spacial score (nSPS) is 24.2. The molecule has 2 aromatic rings. The van der Waals surface area contributed by atoms with E-state index in [1.165, 1.54) is 35.3 Å². The Balaban J connectivity index is 0.00000196. The van der Waals surface area contributed by atoms with Gasteiger partial charge < -0.3 is 10.6 Å². The Bertz CT molecular complexity index is 779. The van der Waals surface area contributed by atoms with Crippen LogP contribution in [0.25, 0.3) is 11.3 Å². The standard InChI is InChI=1S/C20H25N3OS.ClH/c1-12-3-4-15(7-13(12)2)18-11-25-20(22-18)23-19(24)10-14-8-16-5-6-17(9-14)21-16;/h3-4,7,11,14,16-17,21H,5-6,8-10H2,1-2H3,(H,22,23,24);1H. The van der Waals surface area contributed by atoms with Gasteiger partial charge in [-0.3, -0.25) is 4.79 Å². The lowest BCUT2D eigenvalue weighted by atomic mass is 9.89. The monoisotopic (exact) mass is 391 g/mol. The van der Waals surface area contributed by atoms with E-state index in [-0.39, 0.29) is 18.3 Å². The molecule has 4 nitrogen and oxygen atoms in total. The Morgan fingerprint density at radius 2 is 1.96 bits per heavy atom. The second-order valence-corrected chi connectivity index (χ2v) is 8.42. The van der Waals surface area contributed by atoms with Gasteiger partial charge in [0.2, 0.25) is 5.91 Å². The van der Waals surface area contributed by atoms with Gasteiger partial charge in [-0.25, -0.2) is 4.98 Å². The Morgan fingerprint density at radius 1 is 1.23 bits per heavy atom. The van der Waals surface area contributed by atoms with Gasteiger partial charge in [0.1, 0.15) is 0 Å². The van der Waals surface area contributed by atoms with Gasteiger partial charge >= 0.3 is 0 Å². The first kappa shape index (κ1) is 19.3. The number of piperidine rings is 1. The van der Waals surface area contributed by atoms with Gasteiger partial charge in [0, 0.05) is 29.4 Å². The van der Waals surface area contributed by atoms with Crippen LogP contribution in [0.2, 0.25) is 0 Å². The highest BCUT2D eigenvalue weighted by Crippen LogP contribution is 2.33. The molecule has 2 saturated heterocycles. The average Bonchev–Trinajstić information content (AvgIpc) is 3.16. The minimum Gasteiger partial charge on any atom is -0.311 e. The number of rotatable bonds is 4. The highest BCUT2D eigenvalue weighted by atomic mass is 35.5. The molecule has 0 radical (unpaired) electrons. The number of nitrogens with one attached hydrogen (secondary N) is 2. The van der Waals surface area contributed by atoms with Crippen molar-refractivity contribution in [1.29, 1.82) is 0 Å². The molecule has 2 atom stereocenters. The number of amides is 1. The molecule has 140 valence electrons. The number of nitrogens with zero attached hydrogens (tertiary/aromatic N) is 1. The number of hydrogen-bond acceptors (Lipinski definition) is 4. The fourth-order valence-electron chi connectivity index (χ4n) is 4.14. The van der Waals surface area contributed by atoms with Crippen molar-refractivity contribution in [3.63, 3.8) is 0 Å². The smallest absolute Gasteiger partial charge is 0.226 e. The summed E-state index contributed by atoms with van der Waals surface area (Å²) >= 11 is 1.50. The van der Waals surface area contributed by atoms with Crippen molar-refractivity contribution in [3.8, 4) is 11.3 Å². The second-order valence-electron chi connectivity index (χ2n) is 7.56. The number of hydrogen-bond donors (Lipinski definition) is 2. The van der Waals surface area contributed by atoms with E-state index >= 15 is 0 Å². The Hall–Kier alpha value is -1.43. The molecule has 0 saturated carbocycles. The summed E-state index contributed by atoms with van der Waals surface area (Å²) in [4.78, 5) is 17.0. The summed E-state index contributed by atoms with van der Waals surface area (Å²) < 4.78 is 0. The summed E-state index contributed by atoms with van der Waals surface area (Å²) in [7, 11) is 0. The zero-order chi connectivity index (χ0) is 17.4. The van der Waals surface area contributed by atoms with E-state index in [1.807, 2.05) is 5.38 Å². The maximum Gasteiger partial charge on any atom is 0.226 e. The lowest BCUT2D eigenvalue weighted by Crippen LogP contribution is -2.39. The van der Waals surface area contributed by atoms with Gasteiger partial charge in [-0.15, -0.1) is 23.7 Å². The van der Waals surface area contributed by atoms with Crippen molar-refractivity contribution in [2.45, 2.75) is 58.0 Å². The van der Waals surface area contributed by atoms with Crippen LogP contribution in [0.15, 0.2) is 23.6 Å². The second kappa shape index (κ2) is 8.07. The quantitative estimate of drug-likeness (QED) is 0.793. The fourth-order valence-corrected chi connectivity index (χ4v) is 4.87. The zero-order valence-corrected chi connectivity index (χ0v) is 16.9. The van der Waals surface area contributed by atoms with E-state index in [1.54, 1.807) is 0 Å². The summed E-state index contributed by atoms with van der Waals surface area (Å²) in [6.45, 7) is 4.22. The lowest BCUT2D eigenvalue weighted by molar-refractivity contribution is -0.117. The first-order chi connectivity index (χ1) is 12.1. The predicted molar refractivity (Wildman–Crippen MR) is 110 cm³/mol. The van der Waals surface area contributed by atoms with E-state index in [4.69, 9.17) is 0 Å². The molecule has 1 aromatic carbocycles. The maximum absolute atomic E-state index is 12.4. The summed E-state index contributed by atoms with van der Waals surface area (Å²) in [6, 6.07) is 7.63. The molecule has 2 unspecified atom stereocenters. The third-order valence-corrected chi connectivity index (χ3v) is 6.36. The van der Waals surface area contributed by atoms with Crippen LogP contribution in [0.3, 0.4) is 0 Å². The van der Waals surface area contributed by atoms with Crippen molar-refractivity contribution in [3.05, 3.63) is 34.7 Å². The topological polar surface area (TPSA) is 54.0 Å². The van der Waals surface area contributed by atoms with Crippen LogP contribution in [0.1, 0.15) is 43.2 Å². The van der Waals surface area contributed by atoms with Gasteiger partial charge in [-0.2, -0.15) is 0 Å². The van der Waals surface area contributed by atoms with Crippen LogP contribution in [-0.2, 0) is 4.79 Å². The molecule has 2 aliphatic heterocycles. The minimum atomic E-state index is 0. The average molecular weight is 392 g/mol. The third kappa shape index (κ3) is 4.27. The number of fused-ring (bicyclic) bond motifs is 2. The van der Waals surface area contributed by atoms with E-state index in [0.717, 1.165) is 24.1 Å². The number of carbonyl (C=O) groups excluding carboxylic acids is 1. The molecule has 26 heavy (non-hydrogen) atoms. The molecule has 2 N–H and O–H groups in total. The van der Waals surface area contributed by atoms with E-state index in [9.17, 15) is 4.79 Å². The highest BCUT2D eigenvalue weighted by molar-refractivity contribution is 7.14. The maximum atomic E-state index is 12.4. The van der Waals surface area contributed by atoms with Crippen LogP contribution < -0.4 is 10.6 Å². The van der Waals surface area contributed by atoms with Gasteiger partial charge in [0.05, 0.1) is 5.69 Å². The summed E-state index contributed by atoms with van der Waals surface area (Å²) in [6.07, 6.45) is 5.43. The minimum absolute atomic E-state index is 0. The van der Waals surface area contributed by atoms with Crippen molar-refractivity contribution in [2.24, 2.45) is 5.92 Å². The molecule has 2 bridgehead atoms. The molecule has 2 aliphatic rings. The molecule has 4 rings (SSSR count). The predicted octanol–water partition coefficient (Wildman–Crippen LogP) is 4.71. The van der Waals surface area contributed by atoms with Crippen LogP contribution in [0.4, 0.5) is 5.13 Å². The van der Waals surface area contributed by atoms with Crippen molar-refractivity contribution < 1.29 is 4.79 Å². The Morgan fingerprint density at radius 3 is 2.65 bits per heavy atom. The first-order valence-electron chi connectivity index (χ1n) is 9.16. The number of aromatic nitrogens is 1. The first-order valence-corrected chi connectivity index (χ1v) is 10.0. The third-order valence-electron chi connectivity index (χ3n) is 5.60.